The number of aryl methyl sites for hydroxylation is 2. The van der Waals surface area contributed by atoms with E-state index < -0.39 is 0 Å². The summed E-state index contributed by atoms with van der Waals surface area (Å²) < 4.78 is 1.70. The second-order valence-electron chi connectivity index (χ2n) is 8.79. The number of amides is 2. The fourth-order valence-corrected chi connectivity index (χ4v) is 5.58. The standard InChI is InChI=1S/C21H28N6O2.2ClH/c1-12-6-13(2)27-19(24-12)8-16(25-27)21(29)23-11-18-15-7-14(9-22-10-15)17-4-3-5-20(28)26(17)18;;/h6,8,14-15,17-18,22H,3-5,7,9-11H2,1-2H3,(H,23,29);2*1H/t14-,15+,17+,18+;;/m1../s1. The Labute approximate surface area is 194 Å². The Bertz CT molecular complexity index is 980. The van der Waals surface area contributed by atoms with E-state index in [0.29, 0.717) is 42.2 Å². The van der Waals surface area contributed by atoms with Crippen molar-refractivity contribution in [2.45, 2.75) is 51.6 Å². The van der Waals surface area contributed by atoms with Crippen LogP contribution in [-0.4, -0.2) is 63.0 Å². The first-order valence-corrected chi connectivity index (χ1v) is 10.7. The van der Waals surface area contributed by atoms with Crippen LogP contribution in [0.25, 0.3) is 5.65 Å². The number of halogens is 2. The summed E-state index contributed by atoms with van der Waals surface area (Å²) >= 11 is 0. The molecule has 8 nitrogen and oxygen atoms in total. The lowest BCUT2D eigenvalue weighted by Crippen LogP contribution is -2.66. The normalized spacial score (nSPS) is 27.2. The molecular formula is C21H30Cl2N6O2. The monoisotopic (exact) mass is 468 g/mol. The van der Waals surface area contributed by atoms with Crippen molar-refractivity contribution in [3.8, 4) is 0 Å². The Hall–Kier alpha value is -1.90. The fraction of sp³-hybridized carbons (Fsp3) is 0.619. The number of carbonyl (C=O) groups is 2. The number of hydrogen-bond donors (Lipinski definition) is 2. The van der Waals surface area contributed by atoms with Crippen molar-refractivity contribution < 1.29 is 9.59 Å². The van der Waals surface area contributed by atoms with Crippen LogP contribution in [0.2, 0.25) is 0 Å². The number of carbonyl (C=O) groups excluding carboxylic acids is 2. The van der Waals surface area contributed by atoms with Gasteiger partial charge in [-0.2, -0.15) is 5.10 Å². The van der Waals surface area contributed by atoms with Crippen LogP contribution in [0.5, 0.6) is 0 Å². The fourth-order valence-electron chi connectivity index (χ4n) is 5.58. The van der Waals surface area contributed by atoms with Gasteiger partial charge in [0.25, 0.3) is 5.91 Å². The first-order chi connectivity index (χ1) is 14.0. The SMILES string of the molecule is Cc1cc(C)n2nc(C(=O)NC[C@H]3[C@@H]4CNC[C@@H](C4)[C@@H]4CCCC(=O)N43)cc2n1.Cl.Cl. The number of rotatable bonds is 3. The third-order valence-electron chi connectivity index (χ3n) is 6.84. The number of nitrogens with zero attached hydrogens (tertiary/aromatic N) is 4. The van der Waals surface area contributed by atoms with E-state index in [9.17, 15) is 9.59 Å². The van der Waals surface area contributed by atoms with Gasteiger partial charge in [0, 0.05) is 43.0 Å². The maximum atomic E-state index is 12.8. The molecule has 2 bridgehead atoms. The molecule has 5 rings (SSSR count). The number of hydrogen-bond acceptors (Lipinski definition) is 5. The van der Waals surface area contributed by atoms with Crippen molar-refractivity contribution in [1.82, 2.24) is 30.1 Å². The average molecular weight is 469 g/mol. The third-order valence-corrected chi connectivity index (χ3v) is 6.84. The highest BCUT2D eigenvalue weighted by atomic mass is 35.5. The highest BCUT2D eigenvalue weighted by Crippen LogP contribution is 2.39. The third kappa shape index (κ3) is 4.25. The van der Waals surface area contributed by atoms with E-state index in [1.54, 1.807) is 10.6 Å². The molecule has 31 heavy (non-hydrogen) atoms. The summed E-state index contributed by atoms with van der Waals surface area (Å²) in [4.78, 5) is 32.1. The first kappa shape index (κ1) is 23.8. The van der Waals surface area contributed by atoms with Gasteiger partial charge in [-0.25, -0.2) is 9.50 Å². The minimum Gasteiger partial charge on any atom is -0.349 e. The number of aromatic nitrogens is 3. The van der Waals surface area contributed by atoms with Gasteiger partial charge in [0.15, 0.2) is 11.3 Å². The van der Waals surface area contributed by atoms with Crippen molar-refractivity contribution in [3.63, 3.8) is 0 Å². The summed E-state index contributed by atoms with van der Waals surface area (Å²) in [5.74, 6) is 0.972. The van der Waals surface area contributed by atoms with Gasteiger partial charge in [-0.1, -0.05) is 0 Å². The minimum absolute atomic E-state index is 0. The molecule has 5 heterocycles. The molecule has 2 amide bonds. The van der Waals surface area contributed by atoms with Gasteiger partial charge in [0.05, 0.1) is 6.04 Å². The van der Waals surface area contributed by atoms with Gasteiger partial charge < -0.3 is 15.5 Å². The molecule has 2 aromatic heterocycles. The molecule has 0 spiro atoms. The first-order valence-electron chi connectivity index (χ1n) is 10.7. The molecule has 0 saturated carbocycles. The Balaban J connectivity index is 0.00000136. The van der Waals surface area contributed by atoms with Crippen LogP contribution in [0.15, 0.2) is 12.1 Å². The van der Waals surface area contributed by atoms with Gasteiger partial charge in [-0.05, 0) is 57.6 Å². The smallest absolute Gasteiger partial charge is 0.271 e. The molecule has 2 aromatic rings. The van der Waals surface area contributed by atoms with Crippen molar-refractivity contribution in [2.24, 2.45) is 11.8 Å². The Morgan fingerprint density at radius 3 is 2.81 bits per heavy atom. The van der Waals surface area contributed by atoms with E-state index in [0.717, 1.165) is 43.7 Å². The number of fused-ring (bicyclic) bond motifs is 5. The van der Waals surface area contributed by atoms with E-state index >= 15 is 0 Å². The summed E-state index contributed by atoms with van der Waals surface area (Å²) in [7, 11) is 0. The highest BCUT2D eigenvalue weighted by molar-refractivity contribution is 5.93. The molecule has 3 aliphatic rings. The van der Waals surface area contributed by atoms with Crippen molar-refractivity contribution in [3.05, 3.63) is 29.2 Å². The molecule has 2 N–H and O–H groups in total. The van der Waals surface area contributed by atoms with E-state index in [-0.39, 0.29) is 42.7 Å². The lowest BCUT2D eigenvalue weighted by Gasteiger charge is -2.54. The molecule has 0 unspecified atom stereocenters. The molecule has 0 aromatic carbocycles. The van der Waals surface area contributed by atoms with Gasteiger partial charge in [-0.3, -0.25) is 9.59 Å². The van der Waals surface area contributed by atoms with Crippen molar-refractivity contribution in [2.75, 3.05) is 19.6 Å². The predicted octanol–water partition coefficient (Wildman–Crippen LogP) is 1.91. The second kappa shape index (κ2) is 9.30. The molecule has 170 valence electrons. The van der Waals surface area contributed by atoms with Crippen LogP contribution in [0.4, 0.5) is 0 Å². The largest absolute Gasteiger partial charge is 0.349 e. The van der Waals surface area contributed by atoms with Crippen LogP contribution in [0.3, 0.4) is 0 Å². The predicted molar refractivity (Wildman–Crippen MR) is 122 cm³/mol. The van der Waals surface area contributed by atoms with Crippen LogP contribution >= 0.6 is 24.8 Å². The van der Waals surface area contributed by atoms with Gasteiger partial charge in [-0.15, -0.1) is 24.8 Å². The Morgan fingerprint density at radius 1 is 1.23 bits per heavy atom. The zero-order valence-electron chi connectivity index (χ0n) is 17.8. The summed E-state index contributed by atoms with van der Waals surface area (Å²) in [6.45, 7) is 6.26. The van der Waals surface area contributed by atoms with Gasteiger partial charge in [0.2, 0.25) is 5.91 Å². The lowest BCUT2D eigenvalue weighted by molar-refractivity contribution is -0.148. The van der Waals surface area contributed by atoms with E-state index in [4.69, 9.17) is 0 Å². The van der Waals surface area contributed by atoms with Crippen LogP contribution in [-0.2, 0) is 4.79 Å². The quantitative estimate of drug-likeness (QED) is 0.717. The molecule has 3 aliphatic heterocycles. The van der Waals surface area contributed by atoms with E-state index in [1.807, 2.05) is 19.9 Å². The van der Waals surface area contributed by atoms with E-state index in [2.05, 4.69) is 25.6 Å². The van der Waals surface area contributed by atoms with Crippen LogP contribution in [0.1, 0.15) is 47.6 Å². The summed E-state index contributed by atoms with van der Waals surface area (Å²) in [6.07, 6.45) is 3.82. The summed E-state index contributed by atoms with van der Waals surface area (Å²) in [5, 5.41) is 11.0. The molecule has 10 heteroatoms. The Morgan fingerprint density at radius 2 is 2.00 bits per heavy atom. The molecule has 0 radical (unpaired) electrons. The van der Waals surface area contributed by atoms with Crippen LogP contribution in [0, 0.1) is 25.7 Å². The summed E-state index contributed by atoms with van der Waals surface area (Å²) in [6, 6.07) is 4.04. The maximum Gasteiger partial charge on any atom is 0.271 e. The van der Waals surface area contributed by atoms with Gasteiger partial charge in [0.1, 0.15) is 0 Å². The lowest BCUT2D eigenvalue weighted by atomic mass is 9.72. The van der Waals surface area contributed by atoms with Gasteiger partial charge >= 0.3 is 0 Å². The summed E-state index contributed by atoms with van der Waals surface area (Å²) in [5.41, 5.74) is 2.89. The Kier molecular flexibility index (Phi) is 7.13. The molecule has 3 saturated heterocycles. The van der Waals surface area contributed by atoms with Crippen LogP contribution < -0.4 is 10.6 Å². The zero-order valence-corrected chi connectivity index (χ0v) is 19.5. The zero-order chi connectivity index (χ0) is 20.1. The van der Waals surface area contributed by atoms with Crippen molar-refractivity contribution in [1.29, 1.82) is 0 Å². The van der Waals surface area contributed by atoms with E-state index in [1.165, 1.54) is 0 Å². The molecule has 0 aliphatic carbocycles. The second-order valence-corrected chi connectivity index (χ2v) is 8.79. The number of piperidine rings is 3. The maximum absolute atomic E-state index is 12.8. The average Bonchev–Trinajstić information content (AvgIpc) is 3.13. The topological polar surface area (TPSA) is 91.6 Å². The molecular weight excluding hydrogens is 439 g/mol. The minimum atomic E-state index is -0.209. The number of nitrogens with one attached hydrogen (secondary N) is 2. The molecule has 3 fully saturated rings. The molecule has 4 atom stereocenters. The highest BCUT2D eigenvalue weighted by Gasteiger charge is 2.47. The van der Waals surface area contributed by atoms with Crippen molar-refractivity contribution >= 4 is 42.3 Å².